The maximum absolute atomic E-state index is 14.4. The lowest BCUT2D eigenvalue weighted by Crippen LogP contribution is -2.35. The smallest absolute Gasteiger partial charge is 0.270 e. The lowest BCUT2D eigenvalue weighted by molar-refractivity contribution is 0.0930. The second kappa shape index (κ2) is 9.01. The summed E-state index contributed by atoms with van der Waals surface area (Å²) in [6.45, 7) is 10.4. The van der Waals surface area contributed by atoms with Crippen molar-refractivity contribution in [2.45, 2.75) is 58.0 Å². The highest BCUT2D eigenvalue weighted by Gasteiger charge is 2.40. The van der Waals surface area contributed by atoms with Crippen LogP contribution < -0.4 is 10.6 Å². The average molecular weight is 512 g/mol. The molecule has 1 aliphatic heterocycles. The molecule has 0 radical (unpaired) electrons. The summed E-state index contributed by atoms with van der Waals surface area (Å²) in [7, 11) is 0. The molecule has 0 saturated heterocycles. The molecule has 6 rings (SSSR count). The minimum Gasteiger partial charge on any atom is -0.348 e. The third-order valence-electron chi connectivity index (χ3n) is 7.53. The number of hydrogen-bond donors (Lipinski definition) is 2. The summed E-state index contributed by atoms with van der Waals surface area (Å²) in [6, 6.07) is 10.3. The van der Waals surface area contributed by atoms with Crippen LogP contribution in [-0.4, -0.2) is 36.7 Å². The number of nitrogens with zero attached hydrogens (tertiary/aromatic N) is 5. The zero-order valence-corrected chi connectivity index (χ0v) is 21.8. The summed E-state index contributed by atoms with van der Waals surface area (Å²) >= 11 is 0. The Hall–Kier alpha value is -4.14. The van der Waals surface area contributed by atoms with Crippen LogP contribution in [0.2, 0.25) is 0 Å². The van der Waals surface area contributed by atoms with Crippen LogP contribution in [0.25, 0.3) is 22.6 Å². The molecule has 2 aliphatic rings. The third kappa shape index (κ3) is 4.21. The van der Waals surface area contributed by atoms with Gasteiger partial charge in [-0.05, 0) is 37.5 Å². The maximum atomic E-state index is 14.4. The summed E-state index contributed by atoms with van der Waals surface area (Å²) in [6.07, 6.45) is 5.07. The van der Waals surface area contributed by atoms with Crippen molar-refractivity contribution >= 4 is 22.8 Å². The number of benzene rings is 1. The number of hydrogen-bond acceptors (Lipinski definition) is 6. The molecule has 194 valence electrons. The van der Waals surface area contributed by atoms with Gasteiger partial charge in [-0.3, -0.25) is 4.79 Å². The van der Waals surface area contributed by atoms with Gasteiger partial charge in [-0.15, -0.1) is 0 Å². The van der Waals surface area contributed by atoms with Crippen molar-refractivity contribution in [3.8, 4) is 11.5 Å². The quantitative estimate of drug-likeness (QED) is 0.354. The van der Waals surface area contributed by atoms with Gasteiger partial charge in [0.1, 0.15) is 23.0 Å². The van der Waals surface area contributed by atoms with E-state index < -0.39 is 5.41 Å². The first-order chi connectivity index (χ1) is 18.2. The van der Waals surface area contributed by atoms with Gasteiger partial charge in [0, 0.05) is 34.5 Å². The summed E-state index contributed by atoms with van der Waals surface area (Å²) in [5, 5.41) is 11.9. The molecule has 1 saturated carbocycles. The number of nitrogens with one attached hydrogen (secondary N) is 2. The Morgan fingerprint density at radius 2 is 2.03 bits per heavy atom. The Kier molecular flexibility index (Phi) is 5.74. The maximum Gasteiger partial charge on any atom is 0.270 e. The fourth-order valence-corrected chi connectivity index (χ4v) is 5.14. The molecule has 9 heteroatoms. The SMILES string of the molecule is C=C1Nc2nc(-c3nn(Cc4ccccc4F)c4ncccc34)nc(C(=O)NC(C)CC3CC3)c2C1(C)C. The summed E-state index contributed by atoms with van der Waals surface area (Å²) in [5.41, 5.74) is 2.79. The zero-order valence-electron chi connectivity index (χ0n) is 21.8. The average Bonchev–Trinajstić information content (AvgIpc) is 3.57. The number of allylic oxidation sites excluding steroid dienone is 1. The van der Waals surface area contributed by atoms with Crippen LogP contribution in [0.15, 0.2) is 54.9 Å². The molecule has 1 fully saturated rings. The minimum atomic E-state index is -0.534. The van der Waals surface area contributed by atoms with Crippen LogP contribution in [0.3, 0.4) is 0 Å². The molecule has 1 amide bonds. The van der Waals surface area contributed by atoms with Gasteiger partial charge in [-0.1, -0.05) is 51.5 Å². The van der Waals surface area contributed by atoms with Gasteiger partial charge < -0.3 is 10.6 Å². The second-order valence-electron chi connectivity index (χ2n) is 10.9. The van der Waals surface area contributed by atoms with Crippen molar-refractivity contribution in [1.29, 1.82) is 0 Å². The Morgan fingerprint density at radius 3 is 2.79 bits per heavy atom. The lowest BCUT2D eigenvalue weighted by Gasteiger charge is -2.22. The molecule has 4 aromatic rings. The minimum absolute atomic E-state index is 0.0368. The number of carbonyl (C=O) groups is 1. The van der Waals surface area contributed by atoms with Crippen LogP contribution in [0.1, 0.15) is 61.6 Å². The highest BCUT2D eigenvalue weighted by atomic mass is 19.1. The van der Waals surface area contributed by atoms with Crippen LogP contribution >= 0.6 is 0 Å². The lowest BCUT2D eigenvalue weighted by atomic mass is 9.84. The van der Waals surface area contributed by atoms with Crippen LogP contribution in [-0.2, 0) is 12.0 Å². The molecule has 8 nitrogen and oxygen atoms in total. The van der Waals surface area contributed by atoms with Gasteiger partial charge in [0.25, 0.3) is 5.91 Å². The molecule has 1 aromatic carbocycles. The summed E-state index contributed by atoms with van der Waals surface area (Å²) < 4.78 is 16.1. The number of anilines is 1. The van der Waals surface area contributed by atoms with E-state index in [-0.39, 0.29) is 24.3 Å². The van der Waals surface area contributed by atoms with Gasteiger partial charge in [0.2, 0.25) is 0 Å². The van der Waals surface area contributed by atoms with Crippen LogP contribution in [0.5, 0.6) is 0 Å². The molecule has 4 heterocycles. The highest BCUT2D eigenvalue weighted by Crippen LogP contribution is 2.44. The van der Waals surface area contributed by atoms with E-state index in [0.717, 1.165) is 17.7 Å². The van der Waals surface area contributed by atoms with E-state index >= 15 is 0 Å². The van der Waals surface area contributed by atoms with Crippen molar-refractivity contribution < 1.29 is 9.18 Å². The molecular formula is C29H30FN7O. The van der Waals surface area contributed by atoms with E-state index in [2.05, 4.69) is 22.2 Å². The van der Waals surface area contributed by atoms with E-state index in [4.69, 9.17) is 15.1 Å². The summed E-state index contributed by atoms with van der Waals surface area (Å²) in [4.78, 5) is 27.7. The normalized spacial score (nSPS) is 16.8. The number of aromatic nitrogens is 5. The first-order valence-corrected chi connectivity index (χ1v) is 13.0. The monoisotopic (exact) mass is 511 g/mol. The van der Waals surface area contributed by atoms with E-state index in [1.807, 2.05) is 32.9 Å². The Morgan fingerprint density at radius 1 is 1.24 bits per heavy atom. The molecular weight excluding hydrogens is 481 g/mol. The van der Waals surface area contributed by atoms with Gasteiger partial charge >= 0.3 is 0 Å². The highest BCUT2D eigenvalue weighted by molar-refractivity contribution is 5.98. The fraction of sp³-hybridized carbons (Fsp3) is 0.345. The Bertz CT molecular complexity index is 1590. The van der Waals surface area contributed by atoms with Crippen molar-refractivity contribution in [3.05, 3.63) is 77.5 Å². The number of pyridine rings is 1. The van der Waals surface area contributed by atoms with Gasteiger partial charge in [-0.2, -0.15) is 5.10 Å². The molecule has 1 unspecified atom stereocenters. The zero-order chi connectivity index (χ0) is 26.6. The van der Waals surface area contributed by atoms with E-state index in [9.17, 15) is 9.18 Å². The number of carbonyl (C=O) groups excluding carboxylic acids is 1. The van der Waals surface area contributed by atoms with Crippen molar-refractivity contribution in [2.24, 2.45) is 5.92 Å². The van der Waals surface area contributed by atoms with Gasteiger partial charge in [-0.25, -0.2) is 24.0 Å². The molecule has 2 N–H and O–H groups in total. The summed E-state index contributed by atoms with van der Waals surface area (Å²) in [5.74, 6) is 0.979. The molecule has 1 aliphatic carbocycles. The molecule has 1 atom stereocenters. The standard InChI is InChI=1S/C29H30FN7O/c1-16(14-18-11-12-18)32-28(38)24-22-25(33-17(2)29(22,3)4)35-26(34-24)23-20-9-7-13-31-27(20)37(36-23)15-19-8-5-6-10-21(19)30/h5-10,13,16,18H,2,11-12,14-15H2,1,3-4H3,(H,32,38)(H,33,34,35). The number of rotatable bonds is 7. The van der Waals surface area contributed by atoms with Crippen LogP contribution in [0, 0.1) is 11.7 Å². The van der Waals surface area contributed by atoms with E-state index in [0.29, 0.717) is 45.5 Å². The topological polar surface area (TPSA) is 97.6 Å². The Balaban J connectivity index is 1.46. The number of amides is 1. The largest absolute Gasteiger partial charge is 0.348 e. The van der Waals surface area contributed by atoms with Gasteiger partial charge in [0.15, 0.2) is 11.5 Å². The van der Waals surface area contributed by atoms with E-state index in [1.165, 1.54) is 18.9 Å². The predicted octanol–water partition coefficient (Wildman–Crippen LogP) is 5.21. The Labute approximate surface area is 220 Å². The van der Waals surface area contributed by atoms with Gasteiger partial charge in [0.05, 0.1) is 11.9 Å². The first-order valence-electron chi connectivity index (χ1n) is 13.0. The van der Waals surface area contributed by atoms with Crippen LogP contribution in [0.4, 0.5) is 10.2 Å². The molecule has 0 spiro atoms. The van der Waals surface area contributed by atoms with Crippen molar-refractivity contribution in [3.63, 3.8) is 0 Å². The fourth-order valence-electron chi connectivity index (χ4n) is 5.14. The second-order valence-corrected chi connectivity index (χ2v) is 10.9. The molecule has 38 heavy (non-hydrogen) atoms. The van der Waals surface area contributed by atoms with E-state index in [1.54, 1.807) is 29.1 Å². The first kappa shape index (κ1) is 24.2. The van der Waals surface area contributed by atoms with Crippen molar-refractivity contribution in [2.75, 3.05) is 5.32 Å². The molecule has 3 aromatic heterocycles. The number of halogens is 1. The number of fused-ring (bicyclic) bond motifs is 2. The predicted molar refractivity (Wildman–Crippen MR) is 144 cm³/mol. The molecule has 0 bridgehead atoms. The third-order valence-corrected chi connectivity index (χ3v) is 7.53. The van der Waals surface area contributed by atoms with Crippen molar-refractivity contribution in [1.82, 2.24) is 30.0 Å².